The molecule has 1 saturated heterocycles. The van der Waals surface area contributed by atoms with Crippen LogP contribution in [-0.4, -0.2) is 27.2 Å². The summed E-state index contributed by atoms with van der Waals surface area (Å²) in [6.45, 7) is 3.40. The number of benzene rings is 2. The zero-order chi connectivity index (χ0) is 22.9. The molecule has 0 radical (unpaired) electrons. The molecule has 0 atom stereocenters. The monoisotopic (exact) mass is 522 g/mol. The van der Waals surface area contributed by atoms with E-state index in [2.05, 4.69) is 63.8 Å². The minimum Gasteiger partial charge on any atom is -0.340 e. The predicted molar refractivity (Wildman–Crippen MR) is 139 cm³/mol. The summed E-state index contributed by atoms with van der Waals surface area (Å²) < 4.78 is 3.35. The van der Waals surface area contributed by atoms with Gasteiger partial charge in [-0.3, -0.25) is 14.5 Å². The molecule has 33 heavy (non-hydrogen) atoms. The standard InChI is InChI=1S/C27H27BrN2O2S/c1-18-23(15-25-26(31)30(27(32)33-25)17-19-7-3-2-4-8-19)22-9-5-6-10-24(22)29(18)16-20-11-13-21(28)14-12-20/h5-6,9-15,19H,2-4,7-8,16-17H2,1H3/b25-15+. The van der Waals surface area contributed by atoms with Gasteiger partial charge in [0.15, 0.2) is 0 Å². The summed E-state index contributed by atoms with van der Waals surface area (Å²) in [7, 11) is 0. The Hall–Kier alpha value is -2.31. The zero-order valence-electron chi connectivity index (χ0n) is 18.7. The largest absolute Gasteiger partial charge is 0.340 e. The van der Waals surface area contributed by atoms with Gasteiger partial charge in [-0.1, -0.05) is 65.5 Å². The fourth-order valence-electron chi connectivity index (χ4n) is 5.03. The SMILES string of the molecule is Cc1c(/C=C2/SC(=O)N(CC3CCCCC3)C2=O)c2ccccc2n1Cc1ccc(Br)cc1. The molecule has 2 fully saturated rings. The average molecular weight is 523 g/mol. The third-order valence-corrected chi connectivity index (χ3v) is 8.28. The number of halogens is 1. The highest BCUT2D eigenvalue weighted by molar-refractivity contribution is 9.10. The Morgan fingerprint density at radius 2 is 1.76 bits per heavy atom. The van der Waals surface area contributed by atoms with Gasteiger partial charge in [0.2, 0.25) is 0 Å². The molecule has 0 spiro atoms. The number of carbonyl (C=O) groups is 2. The van der Waals surface area contributed by atoms with Crippen LogP contribution in [-0.2, 0) is 11.3 Å². The van der Waals surface area contributed by atoms with Crippen molar-refractivity contribution in [2.24, 2.45) is 5.92 Å². The molecule has 5 rings (SSSR count). The van der Waals surface area contributed by atoms with E-state index in [4.69, 9.17) is 0 Å². The first-order valence-electron chi connectivity index (χ1n) is 11.6. The Morgan fingerprint density at radius 3 is 2.52 bits per heavy atom. The number of carbonyl (C=O) groups excluding carboxylic acids is 2. The van der Waals surface area contributed by atoms with E-state index in [9.17, 15) is 9.59 Å². The van der Waals surface area contributed by atoms with Gasteiger partial charge in [-0.15, -0.1) is 0 Å². The molecule has 1 aromatic heterocycles. The van der Waals surface area contributed by atoms with Gasteiger partial charge in [0.1, 0.15) is 0 Å². The number of imide groups is 1. The van der Waals surface area contributed by atoms with Crippen LogP contribution < -0.4 is 0 Å². The molecule has 170 valence electrons. The van der Waals surface area contributed by atoms with Crippen molar-refractivity contribution >= 4 is 55.8 Å². The minimum absolute atomic E-state index is 0.131. The molecule has 6 heteroatoms. The fourth-order valence-corrected chi connectivity index (χ4v) is 6.13. The Balaban J connectivity index is 1.47. The molecule has 1 aliphatic carbocycles. The third-order valence-electron chi connectivity index (χ3n) is 6.85. The van der Waals surface area contributed by atoms with Crippen LogP contribution in [0.25, 0.3) is 17.0 Å². The van der Waals surface area contributed by atoms with E-state index in [-0.39, 0.29) is 11.1 Å². The number of thioether (sulfide) groups is 1. The minimum atomic E-state index is -0.139. The summed E-state index contributed by atoms with van der Waals surface area (Å²) in [5.41, 5.74) is 4.45. The molecule has 1 aliphatic heterocycles. The number of hydrogen-bond acceptors (Lipinski definition) is 3. The Bertz CT molecular complexity index is 1240. The molecule has 0 bridgehead atoms. The third kappa shape index (κ3) is 4.56. The highest BCUT2D eigenvalue weighted by atomic mass is 79.9. The maximum Gasteiger partial charge on any atom is 0.293 e. The highest BCUT2D eigenvalue weighted by Crippen LogP contribution is 2.37. The quantitative estimate of drug-likeness (QED) is 0.328. The summed E-state index contributed by atoms with van der Waals surface area (Å²) in [5.74, 6) is 0.306. The van der Waals surface area contributed by atoms with Crippen molar-refractivity contribution in [1.29, 1.82) is 0 Å². The van der Waals surface area contributed by atoms with E-state index < -0.39 is 0 Å². The van der Waals surface area contributed by atoms with Gasteiger partial charge in [-0.25, -0.2) is 0 Å². The smallest absolute Gasteiger partial charge is 0.293 e. The summed E-state index contributed by atoms with van der Waals surface area (Å²) in [6.07, 6.45) is 7.83. The summed E-state index contributed by atoms with van der Waals surface area (Å²) in [5, 5.41) is 0.972. The van der Waals surface area contributed by atoms with Crippen LogP contribution in [0, 0.1) is 12.8 Å². The van der Waals surface area contributed by atoms with E-state index in [1.54, 1.807) is 0 Å². The lowest BCUT2D eigenvalue weighted by atomic mass is 9.89. The van der Waals surface area contributed by atoms with E-state index in [0.29, 0.717) is 17.4 Å². The van der Waals surface area contributed by atoms with Crippen LogP contribution in [0.3, 0.4) is 0 Å². The molecule has 2 amide bonds. The van der Waals surface area contributed by atoms with Crippen molar-refractivity contribution in [2.75, 3.05) is 6.54 Å². The van der Waals surface area contributed by atoms with E-state index in [0.717, 1.165) is 57.8 Å². The normalized spacial score (nSPS) is 18.7. The van der Waals surface area contributed by atoms with Gasteiger partial charge in [-0.2, -0.15) is 0 Å². The number of amides is 2. The molecule has 2 heterocycles. The second-order valence-corrected chi connectivity index (χ2v) is 10.9. The molecule has 0 N–H and O–H groups in total. The summed E-state index contributed by atoms with van der Waals surface area (Å²) in [4.78, 5) is 27.9. The van der Waals surface area contributed by atoms with Crippen LogP contribution in [0.2, 0.25) is 0 Å². The summed E-state index contributed by atoms with van der Waals surface area (Å²) in [6, 6.07) is 16.6. The maximum atomic E-state index is 13.2. The number of rotatable bonds is 5. The van der Waals surface area contributed by atoms with Crippen molar-refractivity contribution in [1.82, 2.24) is 9.47 Å². The molecule has 2 aliphatic rings. The molecule has 1 saturated carbocycles. The van der Waals surface area contributed by atoms with Gasteiger partial charge in [0.25, 0.3) is 11.1 Å². The Labute approximate surface area is 207 Å². The number of aromatic nitrogens is 1. The number of fused-ring (bicyclic) bond motifs is 1. The highest BCUT2D eigenvalue weighted by Gasteiger charge is 2.36. The molecule has 3 aromatic rings. The van der Waals surface area contributed by atoms with Gasteiger partial charge in [0.05, 0.1) is 4.91 Å². The first-order valence-corrected chi connectivity index (χ1v) is 13.2. The van der Waals surface area contributed by atoms with Gasteiger partial charge >= 0.3 is 0 Å². The predicted octanol–water partition coefficient (Wildman–Crippen LogP) is 7.38. The Kier molecular flexibility index (Phi) is 6.48. The number of nitrogens with zero attached hydrogens (tertiary/aromatic N) is 2. The van der Waals surface area contributed by atoms with E-state index >= 15 is 0 Å². The lowest BCUT2D eigenvalue weighted by Gasteiger charge is -2.25. The first kappa shape index (κ1) is 22.5. The van der Waals surface area contributed by atoms with Crippen LogP contribution in [0.15, 0.2) is 57.9 Å². The molecule has 2 aromatic carbocycles. The van der Waals surface area contributed by atoms with Crippen LogP contribution in [0.5, 0.6) is 0 Å². The zero-order valence-corrected chi connectivity index (χ0v) is 21.1. The Morgan fingerprint density at radius 1 is 1.03 bits per heavy atom. The van der Waals surface area contributed by atoms with Gasteiger partial charge in [-0.05, 0) is 67.3 Å². The first-order chi connectivity index (χ1) is 16.0. The molecular weight excluding hydrogens is 496 g/mol. The van der Waals surface area contributed by atoms with Crippen LogP contribution in [0.1, 0.15) is 48.9 Å². The van der Waals surface area contributed by atoms with E-state index in [1.807, 2.05) is 18.2 Å². The molecular formula is C27H27BrN2O2S. The molecule has 4 nitrogen and oxygen atoms in total. The summed E-state index contributed by atoms with van der Waals surface area (Å²) >= 11 is 4.59. The number of hydrogen-bond donors (Lipinski definition) is 0. The van der Waals surface area contributed by atoms with Crippen molar-refractivity contribution in [2.45, 2.75) is 45.6 Å². The lowest BCUT2D eigenvalue weighted by Crippen LogP contribution is -2.34. The number of para-hydroxylation sites is 1. The van der Waals surface area contributed by atoms with Gasteiger partial charge in [0, 0.05) is 39.7 Å². The van der Waals surface area contributed by atoms with Crippen molar-refractivity contribution in [3.05, 3.63) is 74.7 Å². The maximum absolute atomic E-state index is 13.2. The lowest BCUT2D eigenvalue weighted by molar-refractivity contribution is -0.123. The average Bonchev–Trinajstić information content (AvgIpc) is 3.24. The van der Waals surface area contributed by atoms with Crippen LogP contribution >= 0.6 is 27.7 Å². The van der Waals surface area contributed by atoms with Crippen molar-refractivity contribution in [3.63, 3.8) is 0 Å². The van der Waals surface area contributed by atoms with Gasteiger partial charge < -0.3 is 4.57 Å². The fraction of sp³-hybridized carbons (Fsp3) is 0.333. The van der Waals surface area contributed by atoms with Crippen molar-refractivity contribution in [3.8, 4) is 0 Å². The van der Waals surface area contributed by atoms with E-state index in [1.165, 1.54) is 29.7 Å². The van der Waals surface area contributed by atoms with Crippen LogP contribution in [0.4, 0.5) is 4.79 Å². The molecule has 0 unspecified atom stereocenters. The second-order valence-electron chi connectivity index (χ2n) is 9.03. The second kappa shape index (κ2) is 9.51. The topological polar surface area (TPSA) is 42.3 Å². The van der Waals surface area contributed by atoms with Crippen molar-refractivity contribution < 1.29 is 9.59 Å².